The van der Waals surface area contributed by atoms with E-state index < -0.39 is 0 Å². The zero-order chi connectivity index (χ0) is 9.26. The van der Waals surface area contributed by atoms with Gasteiger partial charge in [0.15, 0.2) is 10.3 Å². The summed E-state index contributed by atoms with van der Waals surface area (Å²) in [4.78, 5) is 8.15. The Labute approximate surface area is 86.1 Å². The summed E-state index contributed by atoms with van der Waals surface area (Å²) >= 11 is 7.41. The van der Waals surface area contributed by atoms with Gasteiger partial charge in [-0.15, -0.1) is 0 Å². The van der Waals surface area contributed by atoms with Crippen molar-refractivity contribution in [3.8, 4) is 0 Å². The molecule has 2 rings (SSSR count). The van der Waals surface area contributed by atoms with E-state index in [0.717, 1.165) is 16.8 Å². The molecule has 1 heterocycles. The Kier molecular flexibility index (Phi) is 2.60. The van der Waals surface area contributed by atoms with Gasteiger partial charge in [0.1, 0.15) is 0 Å². The normalized spacial score (nSPS) is 16.1. The Balaban J connectivity index is 1.98. The third kappa shape index (κ3) is 2.48. The summed E-state index contributed by atoms with van der Waals surface area (Å²) in [6, 6.07) is 0. The van der Waals surface area contributed by atoms with Crippen molar-refractivity contribution in [3.05, 3.63) is 11.3 Å². The van der Waals surface area contributed by atoms with Crippen LogP contribution in [0.4, 0.5) is 5.69 Å². The minimum Gasteiger partial charge on any atom is -0.395 e. The number of nitrogens with zero attached hydrogens (tertiary/aromatic N) is 2. The first-order valence-corrected chi connectivity index (χ1v) is 5.53. The van der Waals surface area contributed by atoms with Crippen LogP contribution in [-0.4, -0.2) is 15.7 Å². The highest BCUT2D eigenvalue weighted by Crippen LogP contribution is 2.34. The third-order valence-electron chi connectivity index (χ3n) is 1.89. The Hall–Kier alpha value is -0.480. The molecule has 0 radical (unpaired) electrons. The van der Waals surface area contributed by atoms with Crippen molar-refractivity contribution >= 4 is 29.1 Å². The highest BCUT2D eigenvalue weighted by Gasteiger charge is 2.21. The molecule has 2 N–H and O–H groups in total. The van der Waals surface area contributed by atoms with Crippen molar-refractivity contribution in [3.63, 3.8) is 0 Å². The number of anilines is 1. The molecule has 13 heavy (non-hydrogen) atoms. The van der Waals surface area contributed by atoms with Crippen LogP contribution in [0.25, 0.3) is 0 Å². The van der Waals surface area contributed by atoms with Crippen LogP contribution in [-0.2, 0) is 0 Å². The summed E-state index contributed by atoms with van der Waals surface area (Å²) < 4.78 is 0. The van der Waals surface area contributed by atoms with Gasteiger partial charge < -0.3 is 5.73 Å². The maximum absolute atomic E-state index is 5.76. The van der Waals surface area contributed by atoms with Gasteiger partial charge in [0.25, 0.3) is 0 Å². The molecule has 5 heteroatoms. The molecular formula is C8H10ClN3S. The molecule has 0 unspecified atom stereocenters. The fourth-order valence-electron chi connectivity index (χ4n) is 0.902. The van der Waals surface area contributed by atoms with Crippen LogP contribution >= 0.6 is 23.4 Å². The first-order chi connectivity index (χ1) is 6.25. The fourth-order valence-corrected chi connectivity index (χ4v) is 2.08. The Bertz CT molecular complexity index is 314. The van der Waals surface area contributed by atoms with E-state index in [2.05, 4.69) is 9.97 Å². The first kappa shape index (κ1) is 9.09. The van der Waals surface area contributed by atoms with Gasteiger partial charge in [-0.1, -0.05) is 23.4 Å². The van der Waals surface area contributed by atoms with Crippen molar-refractivity contribution in [1.82, 2.24) is 9.97 Å². The van der Waals surface area contributed by atoms with E-state index in [-0.39, 0.29) is 0 Å². The highest BCUT2D eigenvalue weighted by atomic mass is 35.5. The monoisotopic (exact) mass is 215 g/mol. The average molecular weight is 216 g/mol. The fraction of sp³-hybridized carbons (Fsp3) is 0.500. The Morgan fingerprint density at radius 3 is 3.00 bits per heavy atom. The number of hydrogen-bond acceptors (Lipinski definition) is 4. The Morgan fingerprint density at radius 2 is 2.38 bits per heavy atom. The molecule has 0 aliphatic heterocycles. The molecule has 1 fully saturated rings. The van der Waals surface area contributed by atoms with Crippen LogP contribution in [0, 0.1) is 5.92 Å². The lowest BCUT2D eigenvalue weighted by molar-refractivity contribution is 0.948. The van der Waals surface area contributed by atoms with Gasteiger partial charge in [0, 0.05) is 5.75 Å². The zero-order valence-corrected chi connectivity index (χ0v) is 8.61. The van der Waals surface area contributed by atoms with Crippen LogP contribution in [0.2, 0.25) is 5.15 Å². The summed E-state index contributed by atoms with van der Waals surface area (Å²) in [6.45, 7) is 0. The summed E-state index contributed by atoms with van der Waals surface area (Å²) in [5.41, 5.74) is 5.93. The van der Waals surface area contributed by atoms with E-state index in [1.165, 1.54) is 12.8 Å². The molecule has 1 saturated carbocycles. The predicted molar refractivity (Wildman–Crippen MR) is 54.9 cm³/mol. The largest absolute Gasteiger partial charge is 0.395 e. The molecule has 0 spiro atoms. The van der Waals surface area contributed by atoms with Crippen molar-refractivity contribution in [2.24, 2.45) is 5.92 Å². The lowest BCUT2D eigenvalue weighted by Gasteiger charge is -2.00. The molecule has 0 bridgehead atoms. The minimum atomic E-state index is 0.355. The number of thioether (sulfide) groups is 1. The van der Waals surface area contributed by atoms with Crippen LogP contribution in [0.15, 0.2) is 11.4 Å². The summed E-state index contributed by atoms with van der Waals surface area (Å²) in [5.74, 6) is 1.96. The van der Waals surface area contributed by atoms with Gasteiger partial charge in [-0.05, 0) is 18.8 Å². The van der Waals surface area contributed by atoms with E-state index in [4.69, 9.17) is 17.3 Å². The van der Waals surface area contributed by atoms with Gasteiger partial charge in [0.2, 0.25) is 0 Å². The molecule has 0 amide bonds. The maximum Gasteiger partial charge on any atom is 0.189 e. The average Bonchev–Trinajstić information content (AvgIpc) is 2.91. The lowest BCUT2D eigenvalue weighted by Crippen LogP contribution is -1.94. The SMILES string of the molecule is Nc1cnc(SCC2CC2)nc1Cl. The predicted octanol–water partition coefficient (Wildman–Crippen LogP) is 2.21. The van der Waals surface area contributed by atoms with Crippen molar-refractivity contribution in [2.75, 3.05) is 11.5 Å². The van der Waals surface area contributed by atoms with Crippen molar-refractivity contribution in [2.45, 2.75) is 18.0 Å². The van der Waals surface area contributed by atoms with E-state index in [9.17, 15) is 0 Å². The number of hydrogen-bond donors (Lipinski definition) is 1. The molecule has 3 nitrogen and oxygen atoms in total. The second kappa shape index (κ2) is 3.72. The van der Waals surface area contributed by atoms with Gasteiger partial charge in [-0.3, -0.25) is 0 Å². The lowest BCUT2D eigenvalue weighted by atomic mass is 10.5. The molecular weight excluding hydrogens is 206 g/mol. The van der Waals surface area contributed by atoms with E-state index >= 15 is 0 Å². The number of rotatable bonds is 3. The molecule has 1 aliphatic carbocycles. The third-order valence-corrected chi connectivity index (χ3v) is 3.29. The number of halogens is 1. The maximum atomic E-state index is 5.76. The molecule has 0 saturated heterocycles. The highest BCUT2D eigenvalue weighted by molar-refractivity contribution is 7.99. The summed E-state index contributed by atoms with van der Waals surface area (Å²) in [7, 11) is 0. The van der Waals surface area contributed by atoms with Crippen molar-refractivity contribution < 1.29 is 0 Å². The minimum absolute atomic E-state index is 0.355. The van der Waals surface area contributed by atoms with Crippen LogP contribution in [0.1, 0.15) is 12.8 Å². The molecule has 70 valence electrons. The van der Waals surface area contributed by atoms with Gasteiger partial charge in [0.05, 0.1) is 11.9 Å². The number of aromatic nitrogens is 2. The Morgan fingerprint density at radius 1 is 1.62 bits per heavy atom. The molecule has 0 atom stereocenters. The van der Waals surface area contributed by atoms with Gasteiger partial charge in [-0.25, -0.2) is 9.97 Å². The van der Waals surface area contributed by atoms with Crippen molar-refractivity contribution in [1.29, 1.82) is 0 Å². The van der Waals surface area contributed by atoms with Gasteiger partial charge >= 0.3 is 0 Å². The van der Waals surface area contributed by atoms with Crippen LogP contribution in [0.5, 0.6) is 0 Å². The number of nitrogen functional groups attached to an aromatic ring is 1. The summed E-state index contributed by atoms with van der Waals surface area (Å²) in [5, 5.41) is 1.08. The summed E-state index contributed by atoms with van der Waals surface area (Å²) in [6.07, 6.45) is 4.25. The first-order valence-electron chi connectivity index (χ1n) is 4.16. The quantitative estimate of drug-likeness (QED) is 0.477. The second-order valence-corrected chi connectivity index (χ2v) is 4.50. The molecule has 0 aromatic carbocycles. The second-order valence-electron chi connectivity index (χ2n) is 3.15. The van der Waals surface area contributed by atoms with E-state index in [1.807, 2.05) is 0 Å². The standard InChI is InChI=1S/C8H10ClN3S/c9-7-6(10)3-11-8(12-7)13-4-5-1-2-5/h3,5H,1-2,4,10H2. The van der Waals surface area contributed by atoms with E-state index in [1.54, 1.807) is 18.0 Å². The number of nitrogens with two attached hydrogens (primary N) is 1. The van der Waals surface area contributed by atoms with Gasteiger partial charge in [-0.2, -0.15) is 0 Å². The zero-order valence-electron chi connectivity index (χ0n) is 7.03. The van der Waals surface area contributed by atoms with Crippen LogP contribution in [0.3, 0.4) is 0 Å². The van der Waals surface area contributed by atoms with E-state index in [0.29, 0.717) is 10.8 Å². The molecule has 1 aromatic rings. The molecule has 1 aromatic heterocycles. The molecule has 1 aliphatic rings. The topological polar surface area (TPSA) is 51.8 Å². The van der Waals surface area contributed by atoms with Crippen LogP contribution < -0.4 is 5.73 Å². The smallest absolute Gasteiger partial charge is 0.189 e.